The van der Waals surface area contributed by atoms with Gasteiger partial charge in [0.05, 0.1) is 60.5 Å². The van der Waals surface area contributed by atoms with Gasteiger partial charge in [-0.25, -0.2) is 39.9 Å². The number of carbonyl (C=O) groups excluding carboxylic acids is 8. The third kappa shape index (κ3) is 30.2. The minimum atomic E-state index is -1.09. The van der Waals surface area contributed by atoms with Gasteiger partial charge < -0.3 is 82.1 Å². The predicted molar refractivity (Wildman–Crippen MR) is 550 cm³/mol. The van der Waals surface area contributed by atoms with E-state index in [1.165, 1.54) is 50.2 Å². The Morgan fingerprint density at radius 2 is 0.679 bits per heavy atom. The van der Waals surface area contributed by atoms with Gasteiger partial charge in [0.1, 0.15) is 46.0 Å². The lowest BCUT2D eigenvalue weighted by atomic mass is 9.97. The number of hydrogen-bond acceptors (Lipinski definition) is 28. The van der Waals surface area contributed by atoms with Crippen LogP contribution in [0.1, 0.15) is 335 Å². The van der Waals surface area contributed by atoms with Crippen molar-refractivity contribution in [2.75, 3.05) is 80.7 Å². The first-order chi connectivity index (χ1) is 63.3. The lowest BCUT2D eigenvalue weighted by molar-refractivity contribution is 0.0367. The Morgan fingerprint density at radius 3 is 0.920 bits per heavy atom. The largest absolute Gasteiger partial charge is 0.394 e. The number of amides is 8. The molecule has 8 aromatic heterocycles. The molecule has 0 unspecified atom stereocenters. The number of aliphatic hydroxyl groups excluding tert-OH is 1. The molecule has 4 aliphatic rings. The van der Waals surface area contributed by atoms with E-state index in [-0.39, 0.29) is 126 Å². The van der Waals surface area contributed by atoms with E-state index in [1.54, 1.807) is 101 Å². The molecule has 12 rings (SSSR count). The fraction of sp³-hybridized carbons (Fsp3) is 0.604. The number of aryl methyl sites for hydroxylation is 4. The molecule has 0 bridgehead atoms. The highest BCUT2D eigenvalue weighted by Crippen LogP contribution is 2.42. The van der Waals surface area contributed by atoms with Crippen LogP contribution >= 0.6 is 45.3 Å². The summed E-state index contributed by atoms with van der Waals surface area (Å²) < 4.78 is 0. The number of nitrogens with one attached hydrogen (secondary N) is 7. The lowest BCUT2D eigenvalue weighted by Gasteiger charge is -2.26. The van der Waals surface area contributed by atoms with Crippen LogP contribution in [0.4, 0.5) is 23.3 Å². The summed E-state index contributed by atoms with van der Waals surface area (Å²) in [5, 5.41) is 62.8. The lowest BCUT2D eigenvalue weighted by Crippen LogP contribution is -2.47. The number of nitrogens with zero attached hydrogens (tertiary/aromatic N) is 13. The number of aromatic nitrogens is 8. The topological polar surface area (TPSA) is 421 Å². The molecule has 8 amide bonds. The normalized spacial score (nSPS) is 17.0. The van der Waals surface area contributed by atoms with E-state index >= 15 is 0 Å². The third-order valence-corrected chi connectivity index (χ3v) is 28.3. The number of pyridine rings is 4. The first-order valence-electron chi connectivity index (χ1n) is 47.5. The van der Waals surface area contributed by atoms with Crippen LogP contribution in [-0.2, 0) is 0 Å². The van der Waals surface area contributed by atoms with Crippen molar-refractivity contribution in [3.05, 3.63) is 114 Å². The van der Waals surface area contributed by atoms with Crippen LogP contribution in [0, 0.1) is 38.5 Å². The van der Waals surface area contributed by atoms with Crippen LogP contribution < -0.4 is 37.2 Å². The summed E-state index contributed by atoms with van der Waals surface area (Å²) in [7, 11) is 1.63. The maximum absolute atomic E-state index is 13.5. The van der Waals surface area contributed by atoms with Gasteiger partial charge in [0.25, 0.3) is 47.3 Å². The number of thiazole rings is 4. The quantitative estimate of drug-likeness (QED) is 0.0240. The first kappa shape index (κ1) is 111. The van der Waals surface area contributed by atoms with Crippen LogP contribution in [0.2, 0.25) is 0 Å². The number of aliphatic hydroxyl groups is 4. The number of likely N-dealkylation sites (tertiary alicyclic amines) is 4. The summed E-state index contributed by atoms with van der Waals surface area (Å²) in [6, 6.07) is 7.38. The third-order valence-electron chi connectivity index (χ3n) is 24.0. The molecule has 137 heavy (non-hydrogen) atoms. The van der Waals surface area contributed by atoms with E-state index in [4.69, 9.17) is 0 Å². The van der Waals surface area contributed by atoms with E-state index in [9.17, 15) is 58.8 Å². The zero-order chi connectivity index (χ0) is 102. The summed E-state index contributed by atoms with van der Waals surface area (Å²) in [5.41, 5.74) is 3.99. The van der Waals surface area contributed by atoms with Crippen molar-refractivity contribution in [2.24, 2.45) is 10.8 Å². The molecular formula is C101H150N20O12S4. The number of rotatable bonds is 26. The summed E-state index contributed by atoms with van der Waals surface area (Å²) in [4.78, 5) is 154. The minimum absolute atomic E-state index is 0.112. The molecule has 11 N–H and O–H groups in total. The summed E-state index contributed by atoms with van der Waals surface area (Å²) in [6.07, 6.45) is 14.6. The van der Waals surface area contributed by atoms with Crippen molar-refractivity contribution in [2.45, 2.75) is 329 Å². The molecule has 0 spiro atoms. The fourth-order valence-corrected chi connectivity index (χ4v) is 19.8. The Labute approximate surface area is 825 Å². The summed E-state index contributed by atoms with van der Waals surface area (Å²) in [6.45, 7) is 62.4. The van der Waals surface area contributed by atoms with Crippen molar-refractivity contribution < 1.29 is 58.8 Å². The molecule has 4 aliphatic heterocycles. The number of hydrogen-bond donors (Lipinski definition) is 11. The summed E-state index contributed by atoms with van der Waals surface area (Å²) in [5.74, 6) is 0.839. The second-order valence-electron chi connectivity index (χ2n) is 44.0. The molecule has 12 heterocycles. The van der Waals surface area contributed by atoms with Crippen molar-refractivity contribution in [3.63, 3.8) is 0 Å². The zero-order valence-corrected chi connectivity index (χ0v) is 89.7. The monoisotopic (exact) mass is 1960 g/mol. The average Bonchev–Trinajstić information content (AvgIpc) is 1.67. The van der Waals surface area contributed by atoms with Gasteiger partial charge >= 0.3 is 0 Å². The van der Waals surface area contributed by atoms with Crippen LogP contribution in [0.25, 0.3) is 41.8 Å². The van der Waals surface area contributed by atoms with E-state index in [0.29, 0.717) is 51.4 Å². The Kier molecular flexibility index (Phi) is 36.0. The van der Waals surface area contributed by atoms with Crippen LogP contribution in [-0.4, -0.2) is 261 Å². The molecular weight excluding hydrogens is 1810 g/mol. The van der Waals surface area contributed by atoms with Crippen molar-refractivity contribution >= 4 is 116 Å². The van der Waals surface area contributed by atoms with Gasteiger partial charge in [0.2, 0.25) is 0 Å². The zero-order valence-electron chi connectivity index (χ0n) is 86.4. The second kappa shape index (κ2) is 44.6. The molecule has 0 aliphatic carbocycles. The van der Waals surface area contributed by atoms with Gasteiger partial charge in [-0.3, -0.25) is 38.4 Å². The minimum Gasteiger partial charge on any atom is -0.394 e. The van der Waals surface area contributed by atoms with Crippen molar-refractivity contribution in [1.82, 2.24) is 80.3 Å². The first-order valence-corrected chi connectivity index (χ1v) is 50.8. The SMILES string of the molecule is Cc1cc(NC(C)(C)C)ncc1-c1sc(C(=O)N(C)CC(C)(C)O)nc1C(=O)N1CCC[C@@H]1C.Cc1cc(NC(C)(C)C)ncc1-c1sc(C(=O)NC(C)(C)CO)nc1C(=O)N1CCC[C@@H]1C.Cc1cc(NCC(C)(C)C)ncc1-c1sc(C(=O)N[C@@H](C)C(C)(C)O)nc1C(=O)N1CCC[C@@H]1C.Cc1cc(NCC(C)(C)C)ncc1-c1sc(C(=O)N[C@H](C)C(C)(C)O)nc1C(=O)N1CCC[C@@H]1C. The van der Waals surface area contributed by atoms with E-state index in [2.05, 4.69) is 160 Å². The molecule has 36 heteroatoms. The molecule has 0 aromatic carbocycles. The van der Waals surface area contributed by atoms with Crippen LogP contribution in [0.5, 0.6) is 0 Å². The van der Waals surface area contributed by atoms with Gasteiger partial charge in [-0.1, -0.05) is 41.5 Å². The fourth-order valence-electron chi connectivity index (χ4n) is 15.5. The van der Waals surface area contributed by atoms with Crippen molar-refractivity contribution in [3.8, 4) is 41.8 Å². The van der Waals surface area contributed by atoms with Crippen LogP contribution in [0.3, 0.4) is 0 Å². The van der Waals surface area contributed by atoms with E-state index < -0.39 is 52.1 Å². The smallest absolute Gasteiger partial charge is 0.282 e. The van der Waals surface area contributed by atoms with Gasteiger partial charge in [-0.2, -0.15) is 0 Å². The molecule has 0 saturated carbocycles. The molecule has 4 saturated heterocycles. The highest BCUT2D eigenvalue weighted by molar-refractivity contribution is 7.18. The maximum atomic E-state index is 13.5. The molecule has 0 radical (unpaired) electrons. The Hall–Kier alpha value is -10.1. The number of anilines is 4. The Morgan fingerprint density at radius 1 is 0.416 bits per heavy atom. The second-order valence-corrected chi connectivity index (χ2v) is 48.0. The summed E-state index contributed by atoms with van der Waals surface area (Å²) >= 11 is 4.76. The Balaban J connectivity index is 0.000000205. The van der Waals surface area contributed by atoms with Gasteiger partial charge in [0.15, 0.2) is 20.0 Å². The molecule has 4 fully saturated rings. The number of carbonyl (C=O) groups is 8. The average molecular weight is 1960 g/mol. The number of likely N-dealkylation sites (N-methyl/N-ethyl adjacent to an activating group) is 1. The standard InChI is InChI=1S/2C26H39N5O3S.C25H37N5O3S.C24H35N5O3S/c2*1-15-12-19(28-14-25(4,5)6)27-13-18(15)21-20(24(33)31-11-9-10-16(31)2)30-23(35-21)22(32)29-17(3)26(7,8)34;1-15-12-18(28-24(3,4)5)26-13-17(15)20-19(22(31)30-11-9-10-16(30)2)27-21(34-20)23(32)29(8)14-25(6,7)33;1-14-11-17(27-23(3,4)5)25-12-16(14)19-18(22(32)29-10-8-9-15(29)2)26-21(33-19)20(31)28-24(6,7)13-30/h2*12-13,16-17,34H,9-11,14H2,1-8H3,(H,27,28)(H,29,32);12-13,16,33H,9-11,14H2,1-8H3,(H,26,28);11-12,15,30H,8-10,13H2,1-7H3,(H,25,27)(H,28,31)/t16-,17+;16-,17-;16-;15-/m0000/s1. The van der Waals surface area contributed by atoms with Crippen LogP contribution in [0.15, 0.2) is 49.1 Å². The Bertz CT molecular complexity index is 5460. The molecule has 750 valence electrons. The van der Waals surface area contributed by atoms with Gasteiger partial charge in [0, 0.05) is 135 Å². The van der Waals surface area contributed by atoms with Crippen molar-refractivity contribution in [1.29, 1.82) is 0 Å². The van der Waals surface area contributed by atoms with Gasteiger partial charge in [-0.05, 0) is 275 Å². The van der Waals surface area contributed by atoms with E-state index in [0.717, 1.165) is 132 Å². The van der Waals surface area contributed by atoms with E-state index in [1.807, 2.05) is 99.3 Å². The highest BCUT2D eigenvalue weighted by Gasteiger charge is 2.40. The molecule has 8 aromatic rings. The maximum Gasteiger partial charge on any atom is 0.282 e. The predicted octanol–water partition coefficient (Wildman–Crippen LogP) is 17.0. The van der Waals surface area contributed by atoms with Gasteiger partial charge in [-0.15, -0.1) is 45.3 Å². The molecule has 32 nitrogen and oxygen atoms in total. The molecule has 6 atom stereocenters. The highest BCUT2D eigenvalue weighted by atomic mass is 32.1.